The largest absolute Gasteiger partial charge is 0.394 e. The average Bonchev–Trinajstić information content (AvgIpc) is 3.65. The normalized spacial score (nSPS) is 29.5. The van der Waals surface area contributed by atoms with E-state index in [1.807, 2.05) is 6.92 Å². The van der Waals surface area contributed by atoms with E-state index < -0.39 is 85.8 Å². The van der Waals surface area contributed by atoms with Crippen molar-refractivity contribution < 1.29 is 109 Å². The number of methoxy groups -OCH3 is 6. The van der Waals surface area contributed by atoms with Crippen LogP contribution in [0.15, 0.2) is 0 Å². The predicted octanol–water partition coefficient (Wildman–Crippen LogP) is -5.83. The molecule has 0 aliphatic carbocycles. The number of hydrogen-bond donors (Lipinski definition) is 12. The fourth-order valence-corrected chi connectivity index (χ4v) is 5.22. The van der Waals surface area contributed by atoms with E-state index in [1.54, 1.807) is 21.1 Å². The van der Waals surface area contributed by atoms with Gasteiger partial charge in [0, 0.05) is 61.6 Å². The van der Waals surface area contributed by atoms with Crippen LogP contribution in [0.25, 0.3) is 0 Å². The van der Waals surface area contributed by atoms with E-state index in [9.17, 15) is 46.0 Å². The van der Waals surface area contributed by atoms with Crippen LogP contribution in [0.3, 0.4) is 0 Å². The highest BCUT2D eigenvalue weighted by atomic mass is 16.7. The molecule has 2 fully saturated rings. The zero-order chi connectivity index (χ0) is 43.5. The van der Waals surface area contributed by atoms with Crippen molar-refractivity contribution in [3.63, 3.8) is 0 Å². The molecule has 10 unspecified atom stereocenters. The Kier molecular flexibility index (Phi) is 33.6. The van der Waals surface area contributed by atoms with Gasteiger partial charge in [-0.25, -0.2) is 0 Å². The fraction of sp³-hybridized carbons (Fsp3) is 1.00. The van der Waals surface area contributed by atoms with Crippen LogP contribution >= 0.6 is 0 Å². The van der Waals surface area contributed by atoms with Crippen LogP contribution in [0.2, 0.25) is 0 Å². The molecular weight excluding hydrogens is 760 g/mol. The van der Waals surface area contributed by atoms with Crippen molar-refractivity contribution in [2.24, 2.45) is 11.8 Å². The van der Waals surface area contributed by atoms with Gasteiger partial charge < -0.3 is 109 Å². The van der Waals surface area contributed by atoms with Crippen molar-refractivity contribution in [3.8, 4) is 0 Å². The first kappa shape index (κ1) is 57.2. The maximum atomic E-state index is 9.78. The van der Waals surface area contributed by atoms with Crippen LogP contribution in [0.1, 0.15) is 13.8 Å². The molecule has 0 bridgehead atoms. The fourth-order valence-electron chi connectivity index (χ4n) is 5.22. The van der Waals surface area contributed by atoms with Crippen LogP contribution < -0.4 is 0 Å². The number of rotatable bonds is 23. The molecule has 0 radical (unpaired) electrons. The van der Waals surface area contributed by atoms with Crippen molar-refractivity contribution in [2.45, 2.75) is 106 Å². The van der Waals surface area contributed by atoms with E-state index in [1.165, 1.54) is 35.5 Å². The first-order valence-electron chi connectivity index (χ1n) is 17.9. The van der Waals surface area contributed by atoms with Gasteiger partial charge in [0.05, 0.1) is 65.1 Å². The highest BCUT2D eigenvalue weighted by Crippen LogP contribution is 2.30. The molecule has 2 aliphatic rings. The van der Waals surface area contributed by atoms with Gasteiger partial charge in [-0.2, -0.15) is 0 Å². The molecule has 2 rings (SSSR count). The minimum Gasteiger partial charge on any atom is -0.394 e. The van der Waals surface area contributed by atoms with Crippen LogP contribution in [-0.4, -0.2) is 256 Å². The van der Waals surface area contributed by atoms with E-state index in [0.717, 1.165) is 0 Å². The zero-order valence-electron chi connectivity index (χ0n) is 33.9. The zero-order valence-corrected chi connectivity index (χ0v) is 33.9. The Morgan fingerprint density at radius 1 is 0.464 bits per heavy atom. The van der Waals surface area contributed by atoms with Gasteiger partial charge in [-0.1, -0.05) is 13.8 Å². The van der Waals surface area contributed by atoms with Crippen LogP contribution in [0.5, 0.6) is 0 Å². The van der Waals surface area contributed by atoms with Gasteiger partial charge in [-0.05, 0) is 0 Å². The minimum absolute atomic E-state index is 0.0120. The predicted molar refractivity (Wildman–Crippen MR) is 193 cm³/mol. The molecule has 0 amide bonds. The lowest BCUT2D eigenvalue weighted by Gasteiger charge is -2.24. The van der Waals surface area contributed by atoms with Crippen molar-refractivity contribution >= 4 is 0 Å². The smallest absolute Gasteiger partial charge is 0.163 e. The van der Waals surface area contributed by atoms with E-state index in [0.29, 0.717) is 0 Å². The maximum absolute atomic E-state index is 9.78. The number of hydrogen-bond acceptors (Lipinski definition) is 22. The first-order valence-corrected chi connectivity index (χ1v) is 17.9. The molecule has 22 nitrogen and oxygen atoms in total. The maximum Gasteiger partial charge on any atom is 0.163 e. The summed E-state index contributed by atoms with van der Waals surface area (Å²) >= 11 is 0. The summed E-state index contributed by atoms with van der Waals surface area (Å²) in [4.78, 5) is 0. The third-order valence-corrected chi connectivity index (χ3v) is 8.49. The van der Waals surface area contributed by atoms with Gasteiger partial charge >= 0.3 is 0 Å². The Morgan fingerprint density at radius 3 is 1.00 bits per heavy atom. The lowest BCUT2D eigenvalue weighted by molar-refractivity contribution is -0.183. The standard InChI is InChI=1S/C13H26O8.C12H24O8.C7H16O5.C2H6O/c1-7-12(19-3)10(4-14)21-13(7)20-6-9(16)11(17)8(15)5-18-2;1-6-10(16)9(3-13)20-12(6)19-5-8(15)11(17)7(14)4-18-2;1-11-3-5(8)7(10)6(9)4-12-2;1-3-2/h7-17H,4-6H2,1-3H3;6-17H,3-5H2,1-2H3;5-10H,3-4H2,1-2H3;1-2H3/t7?,8?,9?,10-,11?,12-,13-;6?,7?,8?,9-,10-,11?,12-;;/m11../s1. The van der Waals surface area contributed by atoms with Gasteiger partial charge in [0.15, 0.2) is 12.6 Å². The Hall–Kier alpha value is -0.880. The van der Waals surface area contributed by atoms with Gasteiger partial charge in [0.25, 0.3) is 0 Å². The molecule has 0 aromatic rings. The molecular formula is C34H72O22. The Bertz CT molecular complexity index is 885. The summed E-state index contributed by atoms with van der Waals surface area (Å²) < 4.78 is 49.5. The Labute approximate surface area is 328 Å². The third kappa shape index (κ3) is 20.9. The summed E-state index contributed by atoms with van der Waals surface area (Å²) in [5, 5.41) is 113. The molecule has 2 saturated heterocycles. The summed E-state index contributed by atoms with van der Waals surface area (Å²) in [6, 6.07) is 0. The summed E-state index contributed by atoms with van der Waals surface area (Å²) in [5.74, 6) is -0.513. The lowest BCUT2D eigenvalue weighted by atomic mass is 10.0. The molecule has 0 aromatic carbocycles. The van der Waals surface area contributed by atoms with Crippen LogP contribution in [-0.2, 0) is 47.4 Å². The summed E-state index contributed by atoms with van der Waals surface area (Å²) in [5.41, 5.74) is 0. The second-order valence-electron chi connectivity index (χ2n) is 13.1. The van der Waals surface area contributed by atoms with Gasteiger partial charge in [0.2, 0.25) is 0 Å². The molecule has 0 aromatic heterocycles. The molecule has 12 N–H and O–H groups in total. The Morgan fingerprint density at radius 2 is 0.750 bits per heavy atom. The van der Waals surface area contributed by atoms with Crippen molar-refractivity contribution in [1.82, 2.24) is 0 Å². The summed E-state index contributed by atoms with van der Waals surface area (Å²) in [7, 11) is 10.3. The van der Waals surface area contributed by atoms with E-state index in [2.05, 4.69) is 18.9 Å². The van der Waals surface area contributed by atoms with E-state index in [4.69, 9.17) is 43.7 Å². The van der Waals surface area contributed by atoms with Crippen LogP contribution in [0.4, 0.5) is 0 Å². The van der Waals surface area contributed by atoms with Crippen LogP contribution in [0, 0.1) is 11.8 Å². The lowest BCUT2D eigenvalue weighted by Crippen LogP contribution is -2.43. The second-order valence-corrected chi connectivity index (χ2v) is 13.1. The quantitative estimate of drug-likeness (QED) is 0.0456. The highest BCUT2D eigenvalue weighted by Gasteiger charge is 2.43. The Balaban J connectivity index is 0. The molecule has 2 aliphatic heterocycles. The molecule has 0 saturated carbocycles. The number of ether oxygens (including phenoxy) is 10. The number of aliphatic hydroxyl groups excluding tert-OH is 12. The second kappa shape index (κ2) is 32.9. The van der Waals surface area contributed by atoms with E-state index >= 15 is 0 Å². The summed E-state index contributed by atoms with van der Waals surface area (Å²) in [6.07, 6.45) is -15.0. The van der Waals surface area contributed by atoms with Gasteiger partial charge in [0.1, 0.15) is 67.1 Å². The van der Waals surface area contributed by atoms with Crippen molar-refractivity contribution in [2.75, 3.05) is 103 Å². The number of aliphatic hydroxyl groups is 12. The van der Waals surface area contributed by atoms with Gasteiger partial charge in [-0.3, -0.25) is 0 Å². The monoisotopic (exact) mass is 832 g/mol. The first-order chi connectivity index (χ1) is 26.4. The topological polar surface area (TPSA) is 335 Å². The van der Waals surface area contributed by atoms with Crippen molar-refractivity contribution in [1.29, 1.82) is 0 Å². The van der Waals surface area contributed by atoms with Crippen molar-refractivity contribution in [3.05, 3.63) is 0 Å². The van der Waals surface area contributed by atoms with Gasteiger partial charge in [-0.15, -0.1) is 0 Å². The highest BCUT2D eigenvalue weighted by molar-refractivity contribution is 4.86. The third-order valence-electron chi connectivity index (χ3n) is 8.49. The summed E-state index contributed by atoms with van der Waals surface area (Å²) in [6.45, 7) is 2.29. The SMILES string of the molecule is COC.COCC(O)C(O)C(O)COC.COCC(O)C(O)C(O)CO[C@@H]1O[C@H](CO)[C@H](O)C1C.COCC(O)C(O)C(O)CO[C@@H]1O[C@H](CO)[C@H](OC)C1C. The van der Waals surface area contributed by atoms with E-state index in [-0.39, 0.29) is 70.8 Å². The minimum atomic E-state index is -1.41. The molecule has 22 heteroatoms. The molecule has 2 heterocycles. The average molecular weight is 833 g/mol. The molecule has 340 valence electrons. The molecule has 16 atom stereocenters. The molecule has 56 heavy (non-hydrogen) atoms. The molecule has 0 spiro atoms.